The van der Waals surface area contributed by atoms with Crippen LogP contribution in [-0.2, 0) is 9.53 Å². The van der Waals surface area contributed by atoms with Crippen LogP contribution < -0.4 is 0 Å². The van der Waals surface area contributed by atoms with Gasteiger partial charge in [-0.15, -0.1) is 0 Å². The van der Waals surface area contributed by atoms with Crippen molar-refractivity contribution >= 4 is 5.97 Å². The molecule has 0 rings (SSSR count). The predicted molar refractivity (Wildman–Crippen MR) is 27.3 cm³/mol. The Morgan fingerprint density at radius 1 is 1.25 bits per heavy atom. The van der Waals surface area contributed by atoms with E-state index in [-0.39, 0.29) is 6.08 Å². The van der Waals surface area contributed by atoms with Crippen LogP contribution in [-0.4, -0.2) is 18.3 Å². The van der Waals surface area contributed by atoms with E-state index in [0.29, 0.717) is 0 Å². The molecule has 2 nitrogen and oxygen atoms in total. The molecule has 0 aromatic carbocycles. The molecule has 0 spiro atoms. The maximum Gasteiger partial charge on any atom is 0.501 e. The van der Waals surface area contributed by atoms with Crippen molar-refractivity contribution in [1.29, 1.82) is 0 Å². The highest BCUT2D eigenvalue weighted by Gasteiger charge is 2.61. The molecular formula is C5H3F5O2. The molecule has 0 aromatic rings. The van der Waals surface area contributed by atoms with Gasteiger partial charge in [0.1, 0.15) is 0 Å². The molecule has 0 bridgehead atoms. The smallest absolute Gasteiger partial charge is 0.391 e. The SMILES string of the molecule is C=CC(=O)OC(F)(F)C(F)(F)F. The molecule has 0 amide bonds. The fraction of sp³-hybridized carbons (Fsp3) is 0.400. The van der Waals surface area contributed by atoms with Gasteiger partial charge >= 0.3 is 18.3 Å². The quantitative estimate of drug-likeness (QED) is 0.377. The van der Waals surface area contributed by atoms with Gasteiger partial charge in [-0.25, -0.2) is 4.79 Å². The maximum absolute atomic E-state index is 11.8. The molecule has 0 aliphatic heterocycles. The standard InChI is InChI=1S/C5H3F5O2/c1-2-3(11)12-5(9,10)4(6,7)8/h2H,1H2. The third-order valence-electron chi connectivity index (χ3n) is 0.725. The van der Waals surface area contributed by atoms with Gasteiger partial charge in [0.05, 0.1) is 0 Å². The van der Waals surface area contributed by atoms with Crippen molar-refractivity contribution in [3.8, 4) is 0 Å². The van der Waals surface area contributed by atoms with Gasteiger partial charge in [-0.2, -0.15) is 22.0 Å². The molecule has 0 N–H and O–H groups in total. The van der Waals surface area contributed by atoms with Crippen LogP contribution in [0.25, 0.3) is 0 Å². The summed E-state index contributed by atoms with van der Waals surface area (Å²) in [6, 6.07) is 0. The normalized spacial score (nSPS) is 12.4. The number of alkyl halides is 5. The number of halogens is 5. The summed E-state index contributed by atoms with van der Waals surface area (Å²) in [5, 5.41) is 0. The highest BCUT2D eigenvalue weighted by atomic mass is 19.4. The lowest BCUT2D eigenvalue weighted by molar-refractivity contribution is -0.374. The summed E-state index contributed by atoms with van der Waals surface area (Å²) in [5.41, 5.74) is 0. The second-order valence-electron chi connectivity index (χ2n) is 1.64. The van der Waals surface area contributed by atoms with E-state index in [2.05, 4.69) is 11.3 Å². The Balaban J connectivity index is 4.43. The molecule has 0 unspecified atom stereocenters. The van der Waals surface area contributed by atoms with Gasteiger partial charge in [0.25, 0.3) is 0 Å². The molecule has 0 aromatic heterocycles. The fourth-order valence-corrected chi connectivity index (χ4v) is 0.226. The molecule has 12 heavy (non-hydrogen) atoms. The van der Waals surface area contributed by atoms with Crippen LogP contribution in [0.3, 0.4) is 0 Å². The fourth-order valence-electron chi connectivity index (χ4n) is 0.226. The zero-order valence-electron chi connectivity index (χ0n) is 5.49. The third kappa shape index (κ3) is 2.48. The lowest BCUT2D eigenvalue weighted by atomic mass is 10.6. The first-order chi connectivity index (χ1) is 5.20. The lowest BCUT2D eigenvalue weighted by Gasteiger charge is -2.17. The topological polar surface area (TPSA) is 26.3 Å². The van der Waals surface area contributed by atoms with Crippen molar-refractivity contribution in [3.05, 3.63) is 12.7 Å². The third-order valence-corrected chi connectivity index (χ3v) is 0.725. The van der Waals surface area contributed by atoms with Crippen LogP contribution in [0.5, 0.6) is 0 Å². The lowest BCUT2D eigenvalue weighted by Crippen LogP contribution is -2.40. The summed E-state index contributed by atoms with van der Waals surface area (Å²) in [5.74, 6) is -1.84. The van der Waals surface area contributed by atoms with Crippen molar-refractivity contribution in [1.82, 2.24) is 0 Å². The van der Waals surface area contributed by atoms with Gasteiger partial charge in [-0.1, -0.05) is 6.58 Å². The van der Waals surface area contributed by atoms with Gasteiger partial charge in [-0.05, 0) is 0 Å². The van der Waals surface area contributed by atoms with E-state index in [9.17, 15) is 26.7 Å². The Bertz CT molecular complexity index is 195. The Morgan fingerprint density at radius 2 is 1.67 bits per heavy atom. The zero-order valence-corrected chi connectivity index (χ0v) is 5.49. The van der Waals surface area contributed by atoms with Crippen LogP contribution in [0.15, 0.2) is 12.7 Å². The highest BCUT2D eigenvalue weighted by Crippen LogP contribution is 2.36. The molecule has 0 aliphatic rings. The van der Waals surface area contributed by atoms with Crippen molar-refractivity contribution in [2.24, 2.45) is 0 Å². The summed E-state index contributed by atoms with van der Waals surface area (Å²) in [6.07, 6.45) is -11.1. The molecule has 7 heteroatoms. The minimum atomic E-state index is -5.90. The zero-order chi connectivity index (χ0) is 9.99. The van der Waals surface area contributed by atoms with Crippen LogP contribution in [0.1, 0.15) is 0 Å². The number of hydrogen-bond acceptors (Lipinski definition) is 2. The van der Waals surface area contributed by atoms with E-state index >= 15 is 0 Å². The largest absolute Gasteiger partial charge is 0.501 e. The maximum atomic E-state index is 11.8. The number of ether oxygens (including phenoxy) is 1. The van der Waals surface area contributed by atoms with Crippen LogP contribution >= 0.6 is 0 Å². The van der Waals surface area contributed by atoms with Crippen LogP contribution in [0, 0.1) is 0 Å². The first-order valence-corrected chi connectivity index (χ1v) is 2.50. The summed E-state index contributed by atoms with van der Waals surface area (Å²) in [4.78, 5) is 9.95. The van der Waals surface area contributed by atoms with E-state index in [1.165, 1.54) is 0 Å². The van der Waals surface area contributed by atoms with Gasteiger partial charge < -0.3 is 4.74 Å². The molecule has 70 valence electrons. The monoisotopic (exact) mass is 190 g/mol. The molecule has 0 fully saturated rings. The summed E-state index contributed by atoms with van der Waals surface area (Å²) >= 11 is 0. The molecule has 0 saturated carbocycles. The van der Waals surface area contributed by atoms with Crippen molar-refractivity contribution in [3.63, 3.8) is 0 Å². The second kappa shape index (κ2) is 3.08. The van der Waals surface area contributed by atoms with E-state index in [0.717, 1.165) is 0 Å². The van der Waals surface area contributed by atoms with Gasteiger partial charge in [0.15, 0.2) is 0 Å². The van der Waals surface area contributed by atoms with Crippen LogP contribution in [0.2, 0.25) is 0 Å². The number of carbonyl (C=O) groups is 1. The Morgan fingerprint density at radius 3 is 1.92 bits per heavy atom. The number of rotatable bonds is 2. The molecular weight excluding hydrogens is 187 g/mol. The van der Waals surface area contributed by atoms with Gasteiger partial charge in [0.2, 0.25) is 0 Å². The Labute approximate surface area is 63.6 Å². The second-order valence-corrected chi connectivity index (χ2v) is 1.64. The molecule has 0 radical (unpaired) electrons. The molecule has 0 heterocycles. The van der Waals surface area contributed by atoms with E-state index in [4.69, 9.17) is 0 Å². The Hall–Kier alpha value is -1.14. The predicted octanol–water partition coefficient (Wildman–Crippen LogP) is 1.87. The average molecular weight is 190 g/mol. The van der Waals surface area contributed by atoms with Crippen molar-refractivity contribution in [2.45, 2.75) is 12.3 Å². The molecule has 0 saturated heterocycles. The minimum absolute atomic E-state index is 0.208. The first kappa shape index (κ1) is 10.9. The summed E-state index contributed by atoms with van der Waals surface area (Å²) < 4.78 is 60.0. The number of carbonyl (C=O) groups excluding carboxylic acids is 1. The summed E-state index contributed by atoms with van der Waals surface area (Å²) in [6.45, 7) is 2.65. The molecule has 0 atom stereocenters. The minimum Gasteiger partial charge on any atom is -0.391 e. The molecule has 0 aliphatic carbocycles. The highest BCUT2D eigenvalue weighted by molar-refractivity contribution is 5.81. The van der Waals surface area contributed by atoms with Gasteiger partial charge in [0, 0.05) is 6.08 Å². The number of hydrogen-bond donors (Lipinski definition) is 0. The van der Waals surface area contributed by atoms with Crippen LogP contribution in [0.4, 0.5) is 22.0 Å². The average Bonchev–Trinajstić information content (AvgIpc) is 1.84. The first-order valence-electron chi connectivity index (χ1n) is 2.50. The van der Waals surface area contributed by atoms with E-state index in [1.807, 2.05) is 0 Å². The van der Waals surface area contributed by atoms with Gasteiger partial charge in [-0.3, -0.25) is 0 Å². The van der Waals surface area contributed by atoms with E-state index in [1.54, 1.807) is 0 Å². The Kier molecular flexibility index (Phi) is 2.78. The van der Waals surface area contributed by atoms with Crippen molar-refractivity contribution < 1.29 is 31.5 Å². The number of esters is 1. The summed E-state index contributed by atoms with van der Waals surface area (Å²) in [7, 11) is 0. The van der Waals surface area contributed by atoms with E-state index < -0.39 is 18.3 Å². The van der Waals surface area contributed by atoms with Crippen molar-refractivity contribution in [2.75, 3.05) is 0 Å².